The number of nitrogens with zero attached hydrogens (tertiary/aromatic N) is 3. The van der Waals surface area contributed by atoms with Crippen LogP contribution in [0.1, 0.15) is 54.4 Å². The lowest BCUT2D eigenvalue weighted by molar-refractivity contribution is 0.0917. The lowest BCUT2D eigenvalue weighted by Gasteiger charge is -2.33. The molecule has 3 aromatic rings. The highest BCUT2D eigenvalue weighted by molar-refractivity contribution is 5.93. The van der Waals surface area contributed by atoms with E-state index >= 15 is 0 Å². The van der Waals surface area contributed by atoms with Crippen LogP contribution in [0.2, 0.25) is 0 Å². The van der Waals surface area contributed by atoms with Crippen molar-refractivity contribution in [2.75, 3.05) is 0 Å². The summed E-state index contributed by atoms with van der Waals surface area (Å²) in [5.41, 5.74) is 2.50. The lowest BCUT2D eigenvalue weighted by atomic mass is 9.75. The van der Waals surface area contributed by atoms with Crippen molar-refractivity contribution in [2.24, 2.45) is 5.92 Å². The smallest absolute Gasteiger partial charge is 0.254 e. The molecule has 4 rings (SSSR count). The number of nitrogens with one attached hydrogen (secondary N) is 1. The van der Waals surface area contributed by atoms with Crippen LogP contribution in [0.25, 0.3) is 10.9 Å². The average Bonchev–Trinajstić information content (AvgIpc) is 2.74. The van der Waals surface area contributed by atoms with Gasteiger partial charge in [0.05, 0.1) is 11.1 Å². The molecule has 1 aliphatic carbocycles. The maximum absolute atomic E-state index is 13.7. The van der Waals surface area contributed by atoms with Gasteiger partial charge < -0.3 is 5.32 Å². The van der Waals surface area contributed by atoms with E-state index in [4.69, 9.17) is 0 Å². The van der Waals surface area contributed by atoms with Crippen molar-refractivity contribution in [1.82, 2.24) is 20.3 Å². The van der Waals surface area contributed by atoms with Crippen LogP contribution in [0.4, 0.5) is 4.39 Å². The van der Waals surface area contributed by atoms with Crippen molar-refractivity contribution in [1.29, 1.82) is 0 Å². The van der Waals surface area contributed by atoms with Crippen LogP contribution in [0.3, 0.4) is 0 Å². The minimum absolute atomic E-state index is 0.0836. The van der Waals surface area contributed by atoms with Crippen LogP contribution in [-0.2, 0) is 0 Å². The van der Waals surface area contributed by atoms with E-state index in [1.807, 2.05) is 12.3 Å². The van der Waals surface area contributed by atoms with Crippen LogP contribution in [0.5, 0.6) is 0 Å². The van der Waals surface area contributed by atoms with E-state index in [1.54, 1.807) is 12.1 Å². The molecule has 1 amide bonds. The molecule has 6 heteroatoms. The second-order valence-corrected chi connectivity index (χ2v) is 7.56. The van der Waals surface area contributed by atoms with Gasteiger partial charge in [-0.15, -0.1) is 0 Å². The number of halogens is 1. The predicted octanol–water partition coefficient (Wildman–Crippen LogP) is 4.26. The van der Waals surface area contributed by atoms with Crippen LogP contribution in [0.15, 0.2) is 49.2 Å². The largest absolute Gasteiger partial charge is 0.349 e. The Balaban J connectivity index is 1.41. The summed E-state index contributed by atoms with van der Waals surface area (Å²) in [6.45, 7) is 2.06. The Morgan fingerprint density at radius 1 is 1.14 bits per heavy atom. The lowest BCUT2D eigenvalue weighted by Crippen LogP contribution is -2.39. The molecule has 1 unspecified atom stereocenters. The van der Waals surface area contributed by atoms with E-state index in [9.17, 15) is 9.18 Å². The number of benzene rings is 1. The number of amides is 1. The molecule has 0 aliphatic heterocycles. The molecule has 1 aliphatic rings. The van der Waals surface area contributed by atoms with Gasteiger partial charge in [0.2, 0.25) is 0 Å². The van der Waals surface area contributed by atoms with Gasteiger partial charge >= 0.3 is 0 Å². The molecule has 1 fully saturated rings. The van der Waals surface area contributed by atoms with Gasteiger partial charge in [-0.3, -0.25) is 9.78 Å². The number of fused-ring (bicyclic) bond motifs is 1. The molecule has 1 saturated carbocycles. The topological polar surface area (TPSA) is 67.8 Å². The van der Waals surface area contributed by atoms with Crippen molar-refractivity contribution in [3.05, 3.63) is 66.1 Å². The van der Waals surface area contributed by atoms with Gasteiger partial charge in [-0.2, -0.15) is 0 Å². The number of carbonyl (C=O) groups is 1. The highest BCUT2D eigenvalue weighted by Gasteiger charge is 2.28. The minimum atomic E-state index is -0.225. The minimum Gasteiger partial charge on any atom is -0.349 e. The normalized spacial score (nSPS) is 20.6. The van der Waals surface area contributed by atoms with E-state index in [0.717, 1.165) is 36.6 Å². The average molecular weight is 378 g/mol. The Hall–Kier alpha value is -2.89. The number of hydrogen-bond donors (Lipinski definition) is 1. The van der Waals surface area contributed by atoms with Gasteiger partial charge in [0, 0.05) is 30.0 Å². The molecule has 0 saturated heterocycles. The summed E-state index contributed by atoms with van der Waals surface area (Å²) in [4.78, 5) is 24.5. The number of aromatic nitrogens is 3. The summed E-state index contributed by atoms with van der Waals surface area (Å²) in [5, 5.41) is 3.99. The van der Waals surface area contributed by atoms with Crippen LogP contribution >= 0.6 is 0 Å². The molecule has 1 aromatic carbocycles. The maximum Gasteiger partial charge on any atom is 0.254 e. The number of rotatable bonds is 4. The first-order valence-electron chi connectivity index (χ1n) is 9.72. The van der Waals surface area contributed by atoms with Crippen molar-refractivity contribution in [3.63, 3.8) is 0 Å². The standard InChI is InChI=1S/C22H23FN4O/c1-14(27-22(28)17-11-24-13-25-12-17)15-2-4-16(5-3-15)19-8-9-26-21-7-6-18(23)10-20(19)21/h6-16H,2-5H2,1H3,(H,27,28). The monoisotopic (exact) mass is 378 g/mol. The highest BCUT2D eigenvalue weighted by Crippen LogP contribution is 2.39. The van der Waals surface area contributed by atoms with Crippen molar-refractivity contribution >= 4 is 16.8 Å². The van der Waals surface area contributed by atoms with Crippen molar-refractivity contribution < 1.29 is 9.18 Å². The van der Waals surface area contributed by atoms with Gasteiger partial charge in [0.15, 0.2) is 0 Å². The van der Waals surface area contributed by atoms with E-state index in [1.165, 1.54) is 30.4 Å². The zero-order valence-corrected chi connectivity index (χ0v) is 15.8. The summed E-state index contributed by atoms with van der Waals surface area (Å²) in [7, 11) is 0. The summed E-state index contributed by atoms with van der Waals surface area (Å²) < 4.78 is 13.7. The third kappa shape index (κ3) is 3.86. The quantitative estimate of drug-likeness (QED) is 0.737. The Morgan fingerprint density at radius 3 is 2.64 bits per heavy atom. The first-order valence-corrected chi connectivity index (χ1v) is 9.72. The zero-order valence-electron chi connectivity index (χ0n) is 15.8. The molecule has 0 spiro atoms. The third-order valence-electron chi connectivity index (χ3n) is 5.84. The number of pyridine rings is 1. The first-order chi connectivity index (χ1) is 13.6. The molecular weight excluding hydrogens is 355 g/mol. The van der Waals surface area contributed by atoms with E-state index in [-0.39, 0.29) is 17.8 Å². The number of carbonyl (C=O) groups excluding carboxylic acids is 1. The third-order valence-corrected chi connectivity index (χ3v) is 5.84. The van der Waals surface area contributed by atoms with Crippen molar-refractivity contribution in [3.8, 4) is 0 Å². The Kier molecular flexibility index (Phi) is 5.28. The molecule has 0 radical (unpaired) electrons. The summed E-state index contributed by atoms with van der Waals surface area (Å²) >= 11 is 0. The summed E-state index contributed by atoms with van der Waals surface area (Å²) in [6, 6.07) is 6.89. The molecule has 2 heterocycles. The van der Waals surface area contributed by atoms with Crippen molar-refractivity contribution in [2.45, 2.75) is 44.6 Å². The van der Waals surface area contributed by atoms with E-state index in [0.29, 0.717) is 17.4 Å². The van der Waals surface area contributed by atoms with Crippen LogP contribution in [0, 0.1) is 11.7 Å². The van der Waals surface area contributed by atoms with E-state index in [2.05, 4.69) is 27.2 Å². The molecule has 1 N–H and O–H groups in total. The van der Waals surface area contributed by atoms with Crippen LogP contribution < -0.4 is 5.32 Å². The second kappa shape index (κ2) is 8.00. The van der Waals surface area contributed by atoms with E-state index < -0.39 is 0 Å². The maximum atomic E-state index is 13.7. The predicted molar refractivity (Wildman–Crippen MR) is 105 cm³/mol. The molecular formula is C22H23FN4O. The fourth-order valence-electron chi connectivity index (χ4n) is 4.25. The molecule has 144 valence electrons. The van der Waals surface area contributed by atoms with Gasteiger partial charge in [-0.05, 0) is 74.3 Å². The SMILES string of the molecule is CC(NC(=O)c1cncnc1)C1CCC(c2ccnc3ccc(F)cc23)CC1. The van der Waals surface area contributed by atoms with Gasteiger partial charge in [-0.1, -0.05) is 0 Å². The fraction of sp³-hybridized carbons (Fsp3) is 0.364. The van der Waals surface area contributed by atoms with Crippen LogP contribution in [-0.4, -0.2) is 26.9 Å². The molecule has 2 aromatic heterocycles. The Labute approximate surface area is 163 Å². The zero-order chi connectivity index (χ0) is 19.5. The fourth-order valence-corrected chi connectivity index (χ4v) is 4.25. The molecule has 0 bridgehead atoms. The Morgan fingerprint density at radius 2 is 1.89 bits per heavy atom. The highest BCUT2D eigenvalue weighted by atomic mass is 19.1. The molecule has 28 heavy (non-hydrogen) atoms. The van der Waals surface area contributed by atoms with Gasteiger partial charge in [-0.25, -0.2) is 14.4 Å². The summed E-state index contributed by atoms with van der Waals surface area (Å²) in [5.74, 6) is 0.464. The molecule has 1 atom stereocenters. The van der Waals surface area contributed by atoms with Gasteiger partial charge in [0.1, 0.15) is 12.1 Å². The number of hydrogen-bond acceptors (Lipinski definition) is 4. The Bertz CT molecular complexity index is 971. The summed E-state index contributed by atoms with van der Waals surface area (Å²) in [6.07, 6.45) is 10.4. The second-order valence-electron chi connectivity index (χ2n) is 7.56. The van der Waals surface area contributed by atoms with Gasteiger partial charge in [0.25, 0.3) is 5.91 Å². The molecule has 5 nitrogen and oxygen atoms in total. The first kappa shape index (κ1) is 18.5.